The molecule has 0 aliphatic carbocycles. The van der Waals surface area contributed by atoms with Gasteiger partial charge in [-0.3, -0.25) is 14.5 Å². The molecule has 0 atom stereocenters. The van der Waals surface area contributed by atoms with Gasteiger partial charge >= 0.3 is 0 Å². The number of halogens is 2. The van der Waals surface area contributed by atoms with Crippen molar-refractivity contribution in [1.82, 2.24) is 4.90 Å². The average Bonchev–Trinajstić information content (AvgIpc) is 2.97. The van der Waals surface area contributed by atoms with Crippen molar-refractivity contribution in [1.29, 1.82) is 0 Å². The van der Waals surface area contributed by atoms with Gasteiger partial charge in [0.2, 0.25) is 0 Å². The zero-order valence-corrected chi connectivity index (χ0v) is 18.7. The molecular weight excluding hydrogens is 441 g/mol. The molecule has 162 valence electrons. The number of ether oxygens (including phenoxy) is 2. The predicted octanol–water partition coefficient (Wildman–Crippen LogP) is 5.85. The average molecular weight is 462 g/mol. The van der Waals surface area contributed by atoms with E-state index in [4.69, 9.17) is 21.1 Å². The van der Waals surface area contributed by atoms with Crippen molar-refractivity contribution < 1.29 is 23.5 Å². The van der Waals surface area contributed by atoms with Crippen LogP contribution in [0, 0.1) is 5.82 Å². The van der Waals surface area contributed by atoms with Gasteiger partial charge in [-0.2, -0.15) is 0 Å². The molecule has 3 rings (SSSR count). The van der Waals surface area contributed by atoms with E-state index < -0.39 is 17.0 Å². The van der Waals surface area contributed by atoms with E-state index in [1.165, 1.54) is 12.1 Å². The van der Waals surface area contributed by atoms with Crippen LogP contribution in [0.25, 0.3) is 6.08 Å². The fraction of sp³-hybridized carbons (Fsp3) is 0.217. The Morgan fingerprint density at radius 3 is 2.65 bits per heavy atom. The quantitative estimate of drug-likeness (QED) is 0.364. The third kappa shape index (κ3) is 5.11. The van der Waals surface area contributed by atoms with E-state index in [0.29, 0.717) is 35.7 Å². The molecular formula is C23H21ClFNO4S. The van der Waals surface area contributed by atoms with E-state index in [-0.39, 0.29) is 16.5 Å². The van der Waals surface area contributed by atoms with Gasteiger partial charge in [-0.15, -0.1) is 6.58 Å². The lowest BCUT2D eigenvalue weighted by Gasteiger charge is -2.15. The molecule has 0 radical (unpaired) electrons. The van der Waals surface area contributed by atoms with Crippen molar-refractivity contribution in [3.05, 3.63) is 75.4 Å². The molecule has 2 aromatic rings. The van der Waals surface area contributed by atoms with Crippen molar-refractivity contribution >= 4 is 40.6 Å². The van der Waals surface area contributed by atoms with Crippen LogP contribution in [0.5, 0.6) is 11.5 Å². The Labute approximate surface area is 189 Å². The number of hydrogen-bond donors (Lipinski definition) is 0. The lowest BCUT2D eigenvalue weighted by Crippen LogP contribution is -2.27. The Bertz CT molecular complexity index is 1070. The second kappa shape index (κ2) is 10.0. The number of benzene rings is 2. The monoisotopic (exact) mass is 461 g/mol. The highest BCUT2D eigenvalue weighted by atomic mass is 35.5. The summed E-state index contributed by atoms with van der Waals surface area (Å²) < 4.78 is 24.4. The van der Waals surface area contributed by atoms with Crippen LogP contribution in [-0.4, -0.2) is 29.8 Å². The number of nitrogens with zero attached hydrogens (tertiary/aromatic N) is 1. The lowest BCUT2D eigenvalue weighted by molar-refractivity contribution is -0.123. The summed E-state index contributed by atoms with van der Waals surface area (Å²) in [4.78, 5) is 26.7. The number of imide groups is 1. The first-order chi connectivity index (χ1) is 14.9. The summed E-state index contributed by atoms with van der Waals surface area (Å²) in [6, 6.07) is 7.49. The Morgan fingerprint density at radius 1 is 1.23 bits per heavy atom. The molecule has 0 spiro atoms. The maximum Gasteiger partial charge on any atom is 0.293 e. The molecule has 0 N–H and O–H groups in total. The number of amides is 2. The van der Waals surface area contributed by atoms with Crippen LogP contribution in [0.4, 0.5) is 9.18 Å². The lowest BCUT2D eigenvalue weighted by atomic mass is 10.0. The van der Waals surface area contributed by atoms with Crippen molar-refractivity contribution in [2.75, 3.05) is 13.7 Å². The summed E-state index contributed by atoms with van der Waals surface area (Å²) in [5.41, 5.74) is 2.04. The Morgan fingerprint density at radius 2 is 2.00 bits per heavy atom. The molecule has 2 amide bonds. The fourth-order valence-electron chi connectivity index (χ4n) is 3.18. The maximum absolute atomic E-state index is 13.3. The van der Waals surface area contributed by atoms with E-state index in [0.717, 1.165) is 28.3 Å². The molecule has 8 heteroatoms. The van der Waals surface area contributed by atoms with Gasteiger partial charge in [0, 0.05) is 10.6 Å². The van der Waals surface area contributed by atoms with E-state index in [1.54, 1.807) is 25.3 Å². The summed E-state index contributed by atoms with van der Waals surface area (Å²) in [6.07, 6.45) is 3.94. The summed E-state index contributed by atoms with van der Waals surface area (Å²) in [5, 5.41) is -0.255. The predicted molar refractivity (Wildman–Crippen MR) is 121 cm³/mol. The van der Waals surface area contributed by atoms with Crippen molar-refractivity contribution in [3.63, 3.8) is 0 Å². The van der Waals surface area contributed by atoms with Gasteiger partial charge in [0.1, 0.15) is 5.82 Å². The minimum absolute atomic E-state index is 0.0321. The molecule has 1 aliphatic heterocycles. The van der Waals surface area contributed by atoms with Crippen LogP contribution < -0.4 is 9.47 Å². The fourth-order valence-corrected chi connectivity index (χ4v) is 4.24. The van der Waals surface area contributed by atoms with Crippen molar-refractivity contribution in [2.24, 2.45) is 0 Å². The second-order valence-electron chi connectivity index (χ2n) is 6.64. The second-order valence-corrected chi connectivity index (χ2v) is 8.04. The first kappa shape index (κ1) is 22.9. The molecule has 1 heterocycles. The van der Waals surface area contributed by atoms with Crippen LogP contribution in [0.15, 0.2) is 47.9 Å². The number of methoxy groups -OCH3 is 1. The molecule has 1 aliphatic rings. The van der Waals surface area contributed by atoms with Crippen LogP contribution in [0.1, 0.15) is 23.6 Å². The first-order valence-electron chi connectivity index (χ1n) is 9.51. The molecule has 0 saturated carbocycles. The number of rotatable bonds is 8. The highest BCUT2D eigenvalue weighted by Crippen LogP contribution is 2.38. The van der Waals surface area contributed by atoms with E-state index in [2.05, 4.69) is 6.58 Å². The van der Waals surface area contributed by atoms with Crippen molar-refractivity contribution in [2.45, 2.75) is 19.9 Å². The van der Waals surface area contributed by atoms with Gasteiger partial charge in [-0.25, -0.2) is 4.39 Å². The molecule has 2 aromatic carbocycles. The van der Waals surface area contributed by atoms with Crippen LogP contribution >= 0.6 is 23.4 Å². The van der Waals surface area contributed by atoms with Gasteiger partial charge < -0.3 is 9.47 Å². The van der Waals surface area contributed by atoms with Gasteiger partial charge in [0.15, 0.2) is 11.5 Å². The summed E-state index contributed by atoms with van der Waals surface area (Å²) in [7, 11) is 1.57. The van der Waals surface area contributed by atoms with E-state index in [9.17, 15) is 14.0 Å². The third-order valence-corrected chi connectivity index (χ3v) is 5.80. The maximum atomic E-state index is 13.3. The summed E-state index contributed by atoms with van der Waals surface area (Å²) in [6.45, 7) is 6.05. The van der Waals surface area contributed by atoms with Gasteiger partial charge in [-0.05, 0) is 66.6 Å². The molecule has 0 aromatic heterocycles. The number of allylic oxidation sites excluding steroid dienone is 1. The molecule has 0 unspecified atom stereocenters. The van der Waals surface area contributed by atoms with Crippen LogP contribution in [-0.2, 0) is 17.8 Å². The topological polar surface area (TPSA) is 55.8 Å². The number of carbonyl (C=O) groups excluding carboxylic acids is 2. The third-order valence-electron chi connectivity index (χ3n) is 4.54. The Balaban J connectivity index is 1.92. The summed E-state index contributed by atoms with van der Waals surface area (Å²) >= 11 is 6.89. The Kier molecular flexibility index (Phi) is 7.41. The number of thioether (sulfide) groups is 1. The zero-order chi connectivity index (χ0) is 22.5. The SMILES string of the molecule is C=CCc1cc(/C=C2\SC(=O)N(Cc3ccc(F)cc3Cl)C2=O)cc(OCC)c1OC. The highest BCUT2D eigenvalue weighted by Gasteiger charge is 2.35. The van der Waals surface area contributed by atoms with Crippen LogP contribution in [0.2, 0.25) is 5.02 Å². The van der Waals surface area contributed by atoms with E-state index in [1.807, 2.05) is 13.0 Å². The minimum atomic E-state index is -0.484. The smallest absolute Gasteiger partial charge is 0.293 e. The van der Waals surface area contributed by atoms with Crippen LogP contribution in [0.3, 0.4) is 0 Å². The largest absolute Gasteiger partial charge is 0.493 e. The van der Waals surface area contributed by atoms with Gasteiger partial charge in [0.25, 0.3) is 11.1 Å². The van der Waals surface area contributed by atoms with E-state index >= 15 is 0 Å². The zero-order valence-electron chi connectivity index (χ0n) is 17.1. The number of carbonyl (C=O) groups is 2. The molecule has 31 heavy (non-hydrogen) atoms. The minimum Gasteiger partial charge on any atom is -0.493 e. The molecule has 1 fully saturated rings. The molecule has 0 bridgehead atoms. The highest BCUT2D eigenvalue weighted by molar-refractivity contribution is 8.18. The molecule has 1 saturated heterocycles. The standard InChI is InChI=1S/C23H21ClFNO4S/c1-4-6-15-9-14(10-19(30-5-2)21(15)29-3)11-20-22(27)26(23(28)31-20)13-16-7-8-17(25)12-18(16)24/h4,7-12H,1,5-6,13H2,2-3H3/b20-11-. The van der Waals surface area contributed by atoms with Gasteiger partial charge in [-0.1, -0.05) is 23.7 Å². The normalized spacial score (nSPS) is 15.0. The van der Waals surface area contributed by atoms with Crippen molar-refractivity contribution in [3.8, 4) is 11.5 Å². The first-order valence-corrected chi connectivity index (χ1v) is 10.7. The molecule has 5 nitrogen and oxygen atoms in total. The Hall–Kier alpha value is -2.77. The summed E-state index contributed by atoms with van der Waals surface area (Å²) in [5.74, 6) is 0.239. The number of hydrogen-bond acceptors (Lipinski definition) is 5. The van der Waals surface area contributed by atoms with Gasteiger partial charge in [0.05, 0.1) is 25.2 Å².